The number of amides is 3. The van der Waals surface area contributed by atoms with Crippen molar-refractivity contribution in [3.05, 3.63) is 81.8 Å². The number of benzene rings is 2. The van der Waals surface area contributed by atoms with E-state index in [2.05, 4.69) is 5.43 Å². The van der Waals surface area contributed by atoms with Gasteiger partial charge in [-0.15, -0.1) is 0 Å². The Balaban J connectivity index is 1.56. The van der Waals surface area contributed by atoms with Crippen LogP contribution in [-0.4, -0.2) is 80.5 Å². The summed E-state index contributed by atoms with van der Waals surface area (Å²) in [7, 11) is 3.05. The number of nitrogens with zero attached hydrogens (tertiary/aromatic N) is 2. The Bertz CT molecular complexity index is 1700. The summed E-state index contributed by atoms with van der Waals surface area (Å²) in [6.07, 6.45) is -1.21. The number of nitrogens with two attached hydrogens (primary N) is 1. The molecule has 0 saturated carbocycles. The standard InChI is InChI=1S/C31H32N4O10/c1-14(36)35(33-30(43)45-13-15-7-5-4-6-8-15)19-9-10-20(37)22-17(19)11-16-12-18-24(34(2)3)26(39)23(29(32)42)28(41)31(18,44)27(40)21(16)25(22)38/h4-10,16,18,24,37,39-40,44H,11-13H2,1-3H3,(H2,32,42)(H,33,43)/t16?,18?,24-,31-/m0/s1. The maximum absolute atomic E-state index is 13.9. The maximum atomic E-state index is 13.9. The van der Waals surface area contributed by atoms with E-state index in [1.807, 2.05) is 0 Å². The van der Waals surface area contributed by atoms with Crippen molar-refractivity contribution >= 4 is 35.2 Å². The van der Waals surface area contributed by atoms with Gasteiger partial charge >= 0.3 is 6.09 Å². The lowest BCUT2D eigenvalue weighted by Gasteiger charge is -2.50. The fourth-order valence-electron chi connectivity index (χ4n) is 6.60. The predicted octanol–water partition coefficient (Wildman–Crippen LogP) is 1.31. The van der Waals surface area contributed by atoms with Crippen LogP contribution in [0.3, 0.4) is 0 Å². The van der Waals surface area contributed by atoms with Gasteiger partial charge in [0.1, 0.15) is 29.4 Å². The van der Waals surface area contributed by atoms with Crippen LogP contribution in [0.5, 0.6) is 5.75 Å². The molecule has 3 amide bonds. The van der Waals surface area contributed by atoms with Crippen molar-refractivity contribution in [1.82, 2.24) is 10.3 Å². The number of phenolic OH excluding ortho intramolecular Hbond substituents is 1. The summed E-state index contributed by atoms with van der Waals surface area (Å²) in [4.78, 5) is 66.4. The van der Waals surface area contributed by atoms with Crippen molar-refractivity contribution in [3.63, 3.8) is 0 Å². The van der Waals surface area contributed by atoms with E-state index in [9.17, 15) is 44.4 Å². The summed E-state index contributed by atoms with van der Waals surface area (Å²) in [6.45, 7) is 1.08. The number of ether oxygens (including phenoxy) is 1. The number of likely N-dealkylation sites (N-methyl/N-ethyl adjacent to an activating group) is 1. The molecule has 4 atom stereocenters. The summed E-state index contributed by atoms with van der Waals surface area (Å²) in [5.74, 6) is -8.59. The number of hydrogen-bond acceptors (Lipinski definition) is 11. The van der Waals surface area contributed by atoms with Gasteiger partial charge in [-0.05, 0) is 56.1 Å². The largest absolute Gasteiger partial charge is 0.510 e. The minimum Gasteiger partial charge on any atom is -0.510 e. The van der Waals surface area contributed by atoms with Crippen molar-refractivity contribution in [2.75, 3.05) is 19.1 Å². The van der Waals surface area contributed by atoms with Gasteiger partial charge < -0.3 is 30.9 Å². The van der Waals surface area contributed by atoms with Crippen molar-refractivity contribution < 1.29 is 49.1 Å². The van der Waals surface area contributed by atoms with Gasteiger partial charge in [0.25, 0.3) is 5.91 Å². The third kappa shape index (κ3) is 4.97. The quantitative estimate of drug-likeness (QED) is 0.207. The van der Waals surface area contributed by atoms with E-state index in [4.69, 9.17) is 10.5 Å². The van der Waals surface area contributed by atoms with Crippen LogP contribution in [0.1, 0.15) is 34.8 Å². The number of aromatic hydroxyl groups is 1. The zero-order valence-electron chi connectivity index (χ0n) is 24.6. The number of ketones is 2. The van der Waals surface area contributed by atoms with Gasteiger partial charge in [-0.25, -0.2) is 15.2 Å². The molecule has 0 saturated heterocycles. The van der Waals surface area contributed by atoms with Crippen LogP contribution in [0.4, 0.5) is 10.5 Å². The Labute approximate surface area is 257 Å². The molecule has 3 aliphatic rings. The lowest BCUT2D eigenvalue weighted by molar-refractivity contribution is -0.148. The van der Waals surface area contributed by atoms with Gasteiger partial charge in [0.05, 0.1) is 17.3 Å². The van der Waals surface area contributed by atoms with E-state index in [-0.39, 0.29) is 41.8 Å². The number of fused-ring (bicyclic) bond motifs is 3. The average Bonchev–Trinajstić information content (AvgIpc) is 2.97. The molecule has 7 N–H and O–H groups in total. The van der Waals surface area contributed by atoms with Gasteiger partial charge in [0.15, 0.2) is 11.4 Å². The molecule has 2 unspecified atom stereocenters. The van der Waals surface area contributed by atoms with Crippen LogP contribution in [0.25, 0.3) is 0 Å². The predicted molar refractivity (Wildman–Crippen MR) is 157 cm³/mol. The van der Waals surface area contributed by atoms with Crippen LogP contribution < -0.4 is 16.2 Å². The monoisotopic (exact) mass is 620 g/mol. The van der Waals surface area contributed by atoms with Crippen LogP contribution in [0, 0.1) is 11.8 Å². The summed E-state index contributed by atoms with van der Waals surface area (Å²) < 4.78 is 5.24. The van der Waals surface area contributed by atoms with Crippen molar-refractivity contribution in [1.29, 1.82) is 0 Å². The van der Waals surface area contributed by atoms with E-state index >= 15 is 0 Å². The smallest absolute Gasteiger partial charge is 0.426 e. The molecule has 0 spiro atoms. The summed E-state index contributed by atoms with van der Waals surface area (Å²) in [5.41, 5.74) is 4.24. The van der Waals surface area contributed by atoms with Gasteiger partial charge in [-0.1, -0.05) is 30.3 Å². The summed E-state index contributed by atoms with van der Waals surface area (Å²) in [5, 5.41) is 45.7. The molecule has 0 heterocycles. The molecule has 14 heteroatoms. The van der Waals surface area contributed by atoms with Crippen molar-refractivity contribution in [3.8, 4) is 5.75 Å². The highest BCUT2D eigenvalue weighted by molar-refractivity contribution is 6.25. The van der Waals surface area contributed by atoms with Crippen molar-refractivity contribution in [2.24, 2.45) is 17.6 Å². The number of aliphatic hydroxyl groups is 3. The van der Waals surface area contributed by atoms with E-state index < -0.39 is 75.8 Å². The fraction of sp³-hybridized carbons (Fsp3) is 0.323. The number of primary amides is 1. The van der Waals surface area contributed by atoms with Crippen LogP contribution in [0.15, 0.2) is 65.1 Å². The maximum Gasteiger partial charge on any atom is 0.426 e. The first-order chi connectivity index (χ1) is 21.2. The zero-order chi connectivity index (χ0) is 33.0. The number of anilines is 1. The molecular formula is C31H32N4O10. The van der Waals surface area contributed by atoms with Crippen molar-refractivity contribution in [2.45, 2.75) is 38.0 Å². The molecule has 0 aliphatic heterocycles. The molecule has 236 valence electrons. The van der Waals surface area contributed by atoms with E-state index in [0.29, 0.717) is 5.56 Å². The second-order valence-electron chi connectivity index (χ2n) is 11.4. The van der Waals surface area contributed by atoms with Gasteiger partial charge in [-0.2, -0.15) is 0 Å². The van der Waals surface area contributed by atoms with Crippen LogP contribution in [0.2, 0.25) is 0 Å². The highest BCUT2D eigenvalue weighted by Crippen LogP contribution is 2.53. The minimum atomic E-state index is -2.78. The number of hydrazine groups is 1. The first-order valence-corrected chi connectivity index (χ1v) is 14.0. The summed E-state index contributed by atoms with van der Waals surface area (Å²) >= 11 is 0. The Hall–Kier alpha value is -5.21. The Morgan fingerprint density at radius 1 is 1.07 bits per heavy atom. The highest BCUT2D eigenvalue weighted by atomic mass is 16.6. The molecule has 2 aromatic rings. The molecular weight excluding hydrogens is 588 g/mol. The molecule has 45 heavy (non-hydrogen) atoms. The fourth-order valence-corrected chi connectivity index (χ4v) is 6.60. The average molecular weight is 621 g/mol. The molecule has 0 fully saturated rings. The number of rotatable bonds is 5. The highest BCUT2D eigenvalue weighted by Gasteiger charge is 2.63. The number of aliphatic hydroxyl groups excluding tert-OH is 2. The summed E-state index contributed by atoms with van der Waals surface area (Å²) in [6, 6.07) is 10.1. The second-order valence-corrected chi connectivity index (χ2v) is 11.4. The number of hydrogen-bond donors (Lipinski definition) is 6. The number of carbonyl (C=O) groups is 5. The zero-order valence-corrected chi connectivity index (χ0v) is 24.6. The normalized spacial score (nSPS) is 24.1. The number of carbonyl (C=O) groups excluding carboxylic acids is 5. The molecule has 2 aromatic carbocycles. The first kappa shape index (κ1) is 31.2. The number of phenols is 1. The van der Waals surface area contributed by atoms with Crippen LogP contribution in [-0.2, 0) is 32.1 Å². The topological polar surface area (TPSA) is 220 Å². The second kappa shape index (κ2) is 11.4. The Kier molecular flexibility index (Phi) is 7.89. The Morgan fingerprint density at radius 2 is 1.73 bits per heavy atom. The lowest BCUT2D eigenvalue weighted by atomic mass is 9.58. The SMILES string of the molecule is CC(=O)N(NC(=O)OCc1ccccc1)c1ccc(O)c2c1CC1CC3[C@H](N(C)C)C(O)=C(C(N)=O)C(=O)[C@@]3(O)C(O)=C1C2=O. The molecule has 0 radical (unpaired) electrons. The van der Waals surface area contributed by atoms with Gasteiger partial charge in [0.2, 0.25) is 11.7 Å². The van der Waals surface area contributed by atoms with E-state index in [1.165, 1.54) is 32.0 Å². The van der Waals surface area contributed by atoms with Crippen LogP contribution >= 0.6 is 0 Å². The third-order valence-electron chi connectivity index (χ3n) is 8.55. The van der Waals surface area contributed by atoms with E-state index in [0.717, 1.165) is 11.1 Å². The third-order valence-corrected chi connectivity index (χ3v) is 8.55. The Morgan fingerprint density at radius 3 is 2.33 bits per heavy atom. The lowest BCUT2D eigenvalue weighted by Crippen LogP contribution is -2.63. The molecule has 0 aromatic heterocycles. The molecule has 3 aliphatic carbocycles. The van der Waals surface area contributed by atoms with Gasteiger partial charge in [-0.3, -0.25) is 24.1 Å². The number of allylic oxidation sites excluding steroid dienone is 1. The number of Topliss-reactive ketones (excluding diaryl/α,β-unsaturated/α-hetero) is 2. The molecule has 5 rings (SSSR count). The van der Waals surface area contributed by atoms with Gasteiger partial charge in [0, 0.05) is 18.4 Å². The molecule has 0 bridgehead atoms. The number of nitrogens with one attached hydrogen (secondary N) is 1. The van der Waals surface area contributed by atoms with E-state index in [1.54, 1.807) is 30.3 Å². The first-order valence-electron chi connectivity index (χ1n) is 14.0. The minimum absolute atomic E-state index is 0.0438. The molecule has 14 nitrogen and oxygen atoms in total.